The zero-order valence-corrected chi connectivity index (χ0v) is 14.8. The van der Waals surface area contributed by atoms with E-state index in [1.807, 2.05) is 36.7 Å². The van der Waals surface area contributed by atoms with Crippen molar-refractivity contribution in [2.45, 2.75) is 36.6 Å². The number of benzene rings is 1. The third-order valence-corrected chi connectivity index (χ3v) is 5.25. The molecule has 128 valence electrons. The number of thioether (sulfide) groups is 1. The van der Waals surface area contributed by atoms with Gasteiger partial charge in [0.05, 0.1) is 11.7 Å². The molecule has 2 aromatic rings. The van der Waals surface area contributed by atoms with Gasteiger partial charge in [0, 0.05) is 30.3 Å². The number of anilines is 1. The highest BCUT2D eigenvalue weighted by Gasteiger charge is 2.25. The number of imidazole rings is 1. The summed E-state index contributed by atoms with van der Waals surface area (Å²) >= 11 is 1.64. The van der Waals surface area contributed by atoms with Crippen LogP contribution in [0.5, 0.6) is 0 Å². The van der Waals surface area contributed by atoms with Crippen LogP contribution in [0.15, 0.2) is 41.6 Å². The summed E-state index contributed by atoms with van der Waals surface area (Å²) in [6.07, 6.45) is 9.70. The predicted molar refractivity (Wildman–Crippen MR) is 98.2 cm³/mol. The zero-order chi connectivity index (χ0) is 16.8. The van der Waals surface area contributed by atoms with E-state index in [4.69, 9.17) is 0 Å². The van der Waals surface area contributed by atoms with E-state index in [1.54, 1.807) is 18.0 Å². The molecule has 0 unspecified atom stereocenters. The summed E-state index contributed by atoms with van der Waals surface area (Å²) in [7, 11) is 0. The first kappa shape index (κ1) is 17.0. The number of amides is 1. The Hall–Kier alpha value is -1.79. The van der Waals surface area contributed by atoms with Crippen LogP contribution >= 0.6 is 11.8 Å². The summed E-state index contributed by atoms with van der Waals surface area (Å²) in [5.74, 6) is 1.09. The number of para-hydroxylation sites is 1. The molecule has 1 amide bonds. The average Bonchev–Trinajstić information content (AvgIpc) is 3.15. The van der Waals surface area contributed by atoms with Crippen molar-refractivity contribution in [3.8, 4) is 0 Å². The van der Waals surface area contributed by atoms with Gasteiger partial charge >= 0.3 is 0 Å². The van der Waals surface area contributed by atoms with Crippen molar-refractivity contribution in [1.29, 1.82) is 0 Å². The molecule has 0 saturated carbocycles. The van der Waals surface area contributed by atoms with Gasteiger partial charge < -0.3 is 10.3 Å². The molecule has 1 atom stereocenters. The summed E-state index contributed by atoms with van der Waals surface area (Å²) in [4.78, 5) is 23.4. The van der Waals surface area contributed by atoms with Crippen LogP contribution in [0.1, 0.15) is 37.5 Å². The average molecular weight is 344 g/mol. The van der Waals surface area contributed by atoms with E-state index in [1.165, 1.54) is 12.8 Å². The van der Waals surface area contributed by atoms with Crippen molar-refractivity contribution in [1.82, 2.24) is 14.9 Å². The number of hydrogen-bond donors (Lipinski definition) is 2. The molecule has 6 heteroatoms. The van der Waals surface area contributed by atoms with Crippen molar-refractivity contribution in [2.24, 2.45) is 0 Å². The molecule has 0 aliphatic carbocycles. The number of aromatic nitrogens is 2. The molecule has 2 heterocycles. The second kappa shape index (κ2) is 8.35. The number of nitrogens with zero attached hydrogens (tertiary/aromatic N) is 2. The fraction of sp³-hybridized carbons (Fsp3) is 0.444. The molecule has 5 nitrogen and oxygen atoms in total. The van der Waals surface area contributed by atoms with E-state index in [9.17, 15) is 4.79 Å². The Kier molecular flexibility index (Phi) is 5.93. The smallest absolute Gasteiger partial charge is 0.225 e. The molecule has 3 rings (SSSR count). The van der Waals surface area contributed by atoms with Gasteiger partial charge in [0.25, 0.3) is 0 Å². The first-order valence-electron chi connectivity index (χ1n) is 8.44. The van der Waals surface area contributed by atoms with Crippen LogP contribution < -0.4 is 5.32 Å². The molecule has 1 fully saturated rings. The summed E-state index contributed by atoms with van der Waals surface area (Å²) in [6, 6.07) is 8.23. The SMILES string of the molecule is CSc1ccccc1NC(=O)CCN1CCCC[C@@H]1c1ncc[nH]1. The van der Waals surface area contributed by atoms with Crippen molar-refractivity contribution < 1.29 is 4.79 Å². The third-order valence-electron chi connectivity index (χ3n) is 4.46. The number of piperidine rings is 1. The molecular weight excluding hydrogens is 320 g/mol. The van der Waals surface area contributed by atoms with E-state index in [2.05, 4.69) is 20.2 Å². The van der Waals surface area contributed by atoms with Crippen LogP contribution in [0, 0.1) is 0 Å². The predicted octanol–water partition coefficient (Wildman–Crippen LogP) is 3.69. The molecule has 2 N–H and O–H groups in total. The number of H-pyrrole nitrogens is 1. The summed E-state index contributed by atoms with van der Waals surface area (Å²) in [6.45, 7) is 1.79. The minimum absolute atomic E-state index is 0.0697. The van der Waals surface area contributed by atoms with Gasteiger partial charge in [-0.05, 0) is 37.8 Å². The lowest BCUT2D eigenvalue weighted by atomic mass is 10.0. The second-order valence-corrected chi connectivity index (χ2v) is 6.87. The lowest BCUT2D eigenvalue weighted by molar-refractivity contribution is -0.116. The summed E-state index contributed by atoms with van der Waals surface area (Å²) < 4.78 is 0. The first-order chi connectivity index (χ1) is 11.8. The lowest BCUT2D eigenvalue weighted by Gasteiger charge is -2.34. The molecule has 1 aromatic heterocycles. The van der Waals surface area contributed by atoms with E-state index in [0.717, 1.165) is 35.9 Å². The highest BCUT2D eigenvalue weighted by atomic mass is 32.2. The van der Waals surface area contributed by atoms with Gasteiger partial charge in [-0.25, -0.2) is 4.98 Å². The first-order valence-corrected chi connectivity index (χ1v) is 9.66. The van der Waals surface area contributed by atoms with Gasteiger partial charge in [-0.15, -0.1) is 11.8 Å². The van der Waals surface area contributed by atoms with Crippen molar-refractivity contribution in [3.05, 3.63) is 42.5 Å². The fourth-order valence-electron chi connectivity index (χ4n) is 3.23. The molecule has 0 spiro atoms. The molecule has 1 aliphatic heterocycles. The van der Waals surface area contributed by atoms with Gasteiger partial charge in [0.2, 0.25) is 5.91 Å². The van der Waals surface area contributed by atoms with Gasteiger partial charge in [-0.3, -0.25) is 9.69 Å². The van der Waals surface area contributed by atoms with Crippen molar-refractivity contribution in [2.75, 3.05) is 24.7 Å². The maximum Gasteiger partial charge on any atom is 0.225 e. The number of nitrogens with one attached hydrogen (secondary N) is 2. The Balaban J connectivity index is 1.57. The molecule has 1 aromatic carbocycles. The quantitative estimate of drug-likeness (QED) is 0.785. The standard InChI is InChI=1S/C18H24N4OS/c1-24-16-8-3-2-6-14(16)21-17(23)9-13-22-12-5-4-7-15(22)18-19-10-11-20-18/h2-3,6,8,10-11,15H,4-5,7,9,12-13H2,1H3,(H,19,20)(H,21,23)/t15-/m1/s1. The topological polar surface area (TPSA) is 61.0 Å². The van der Waals surface area contributed by atoms with Gasteiger partial charge in [-0.1, -0.05) is 18.6 Å². The molecule has 24 heavy (non-hydrogen) atoms. The van der Waals surface area contributed by atoms with Crippen LogP contribution in [0.25, 0.3) is 0 Å². The Morgan fingerprint density at radius 2 is 2.29 bits per heavy atom. The molecule has 0 radical (unpaired) electrons. The van der Waals surface area contributed by atoms with Gasteiger partial charge in [0.15, 0.2) is 0 Å². The Morgan fingerprint density at radius 1 is 1.42 bits per heavy atom. The van der Waals surface area contributed by atoms with Gasteiger partial charge in [-0.2, -0.15) is 0 Å². The molecule has 1 aliphatic rings. The van der Waals surface area contributed by atoms with Crippen molar-refractivity contribution in [3.63, 3.8) is 0 Å². The number of carbonyl (C=O) groups is 1. The minimum Gasteiger partial charge on any atom is -0.347 e. The lowest BCUT2D eigenvalue weighted by Crippen LogP contribution is -2.36. The van der Waals surface area contributed by atoms with Crippen LogP contribution in [-0.2, 0) is 4.79 Å². The van der Waals surface area contributed by atoms with Crippen LogP contribution in [0.2, 0.25) is 0 Å². The van der Waals surface area contributed by atoms with E-state index < -0.39 is 0 Å². The maximum atomic E-state index is 12.3. The Labute approximate surface area is 147 Å². The Morgan fingerprint density at radius 3 is 3.08 bits per heavy atom. The van der Waals surface area contributed by atoms with E-state index in [0.29, 0.717) is 12.5 Å². The van der Waals surface area contributed by atoms with Crippen LogP contribution in [-0.4, -0.2) is 40.1 Å². The Bertz CT molecular complexity index is 659. The molecule has 0 bridgehead atoms. The van der Waals surface area contributed by atoms with E-state index >= 15 is 0 Å². The van der Waals surface area contributed by atoms with Gasteiger partial charge in [0.1, 0.15) is 5.82 Å². The fourth-order valence-corrected chi connectivity index (χ4v) is 3.79. The normalized spacial score (nSPS) is 18.5. The highest BCUT2D eigenvalue weighted by Crippen LogP contribution is 2.29. The maximum absolute atomic E-state index is 12.3. The number of likely N-dealkylation sites (tertiary alicyclic amines) is 1. The number of carbonyl (C=O) groups excluding carboxylic acids is 1. The summed E-state index contributed by atoms with van der Waals surface area (Å²) in [5, 5.41) is 3.04. The van der Waals surface area contributed by atoms with Crippen molar-refractivity contribution >= 4 is 23.4 Å². The number of aromatic amines is 1. The number of hydrogen-bond acceptors (Lipinski definition) is 4. The monoisotopic (exact) mass is 344 g/mol. The number of rotatable bonds is 6. The summed E-state index contributed by atoms with van der Waals surface area (Å²) in [5.41, 5.74) is 0.899. The largest absolute Gasteiger partial charge is 0.347 e. The van der Waals surface area contributed by atoms with Crippen LogP contribution in [0.4, 0.5) is 5.69 Å². The second-order valence-electron chi connectivity index (χ2n) is 6.02. The van der Waals surface area contributed by atoms with E-state index in [-0.39, 0.29) is 5.91 Å². The third kappa shape index (κ3) is 4.19. The van der Waals surface area contributed by atoms with Crippen LogP contribution in [0.3, 0.4) is 0 Å². The highest BCUT2D eigenvalue weighted by molar-refractivity contribution is 7.98. The molecule has 1 saturated heterocycles. The minimum atomic E-state index is 0.0697. The zero-order valence-electron chi connectivity index (χ0n) is 14.0. The molecular formula is C18H24N4OS.